The molecule has 0 saturated heterocycles. The lowest BCUT2D eigenvalue weighted by Gasteiger charge is -2.24. The molecule has 1 unspecified atom stereocenters. The highest BCUT2D eigenvalue weighted by Gasteiger charge is 2.66. The first-order valence-corrected chi connectivity index (χ1v) is 9.95. The Labute approximate surface area is 164 Å². The molecular weight excluding hydrogens is 450 g/mol. The molecule has 134 valence electrons. The van der Waals surface area contributed by atoms with E-state index in [1.54, 1.807) is 0 Å². The van der Waals surface area contributed by atoms with Crippen molar-refractivity contribution < 1.29 is 9.59 Å². The molecule has 0 spiro atoms. The van der Waals surface area contributed by atoms with Gasteiger partial charge in [-0.05, 0) is 50.8 Å². The van der Waals surface area contributed by atoms with Crippen LogP contribution >= 0.6 is 31.9 Å². The SMILES string of the molecule is C/C(=N/NC(=O)C1(C)CC1(Br)Br)c1cccc(NC(=O)C2CCC2)c1. The third-order valence-electron chi connectivity index (χ3n) is 5.11. The monoisotopic (exact) mass is 469 g/mol. The van der Waals surface area contributed by atoms with E-state index in [-0.39, 0.29) is 21.0 Å². The van der Waals surface area contributed by atoms with Crippen LogP contribution in [0.15, 0.2) is 29.4 Å². The average molecular weight is 471 g/mol. The minimum absolute atomic E-state index is 0.0823. The number of nitrogens with zero attached hydrogens (tertiary/aromatic N) is 1. The summed E-state index contributed by atoms with van der Waals surface area (Å²) >= 11 is 6.97. The normalized spacial score (nSPS) is 25.0. The zero-order valence-corrected chi connectivity index (χ0v) is 17.4. The second-order valence-corrected chi connectivity index (χ2v) is 10.8. The number of alkyl halides is 2. The van der Waals surface area contributed by atoms with Crippen molar-refractivity contribution in [1.82, 2.24) is 5.43 Å². The van der Waals surface area contributed by atoms with Crippen LogP contribution < -0.4 is 10.7 Å². The maximum absolute atomic E-state index is 12.3. The standard InChI is InChI=1S/C18H21Br2N3O2/c1-11(22-23-16(25)17(2)10-18(17,19)20)13-7-4-8-14(9-13)21-15(24)12-5-3-6-12/h4,7-9,12H,3,5-6,10H2,1-2H3,(H,21,24)(H,23,25)/b22-11-. The van der Waals surface area contributed by atoms with Crippen molar-refractivity contribution in [2.45, 2.75) is 42.8 Å². The Bertz CT molecular complexity index is 744. The van der Waals surface area contributed by atoms with Crippen molar-refractivity contribution >= 4 is 55.1 Å². The molecule has 0 aliphatic heterocycles. The Kier molecular flexibility index (Phi) is 5.08. The van der Waals surface area contributed by atoms with Gasteiger partial charge >= 0.3 is 0 Å². The van der Waals surface area contributed by atoms with Crippen LogP contribution in [0.5, 0.6) is 0 Å². The molecule has 1 aromatic rings. The summed E-state index contributed by atoms with van der Waals surface area (Å²) in [5, 5.41) is 7.17. The lowest BCUT2D eigenvalue weighted by molar-refractivity contribution is -0.125. The number of hydrogen-bond acceptors (Lipinski definition) is 3. The van der Waals surface area contributed by atoms with Gasteiger partial charge in [0.2, 0.25) is 11.8 Å². The van der Waals surface area contributed by atoms with Crippen LogP contribution in [0.1, 0.15) is 45.1 Å². The summed E-state index contributed by atoms with van der Waals surface area (Å²) in [6.45, 7) is 3.71. The first-order valence-electron chi connectivity index (χ1n) is 8.37. The molecule has 3 rings (SSSR count). The van der Waals surface area contributed by atoms with Gasteiger partial charge in [-0.25, -0.2) is 5.43 Å². The van der Waals surface area contributed by atoms with Gasteiger partial charge in [0.25, 0.3) is 0 Å². The van der Waals surface area contributed by atoms with Gasteiger partial charge in [-0.1, -0.05) is 50.4 Å². The minimum atomic E-state index is -0.505. The Morgan fingerprint density at radius 1 is 1.28 bits per heavy atom. The molecule has 2 amide bonds. The molecule has 5 nitrogen and oxygen atoms in total. The Morgan fingerprint density at radius 2 is 1.96 bits per heavy atom. The van der Waals surface area contributed by atoms with Gasteiger partial charge in [0.05, 0.1) is 14.4 Å². The smallest absolute Gasteiger partial charge is 0.248 e. The van der Waals surface area contributed by atoms with Crippen molar-refractivity contribution in [3.8, 4) is 0 Å². The maximum atomic E-state index is 12.3. The Balaban J connectivity index is 1.63. The van der Waals surface area contributed by atoms with E-state index in [4.69, 9.17) is 0 Å². The second kappa shape index (κ2) is 6.83. The lowest BCUT2D eigenvalue weighted by Crippen LogP contribution is -2.30. The minimum Gasteiger partial charge on any atom is -0.326 e. The number of hydrogen-bond donors (Lipinski definition) is 2. The second-order valence-electron chi connectivity index (χ2n) is 7.05. The van der Waals surface area contributed by atoms with Crippen LogP contribution in [0.4, 0.5) is 5.69 Å². The molecule has 7 heteroatoms. The van der Waals surface area contributed by atoms with Gasteiger partial charge in [0.15, 0.2) is 0 Å². The Morgan fingerprint density at radius 3 is 2.52 bits per heavy atom. The summed E-state index contributed by atoms with van der Waals surface area (Å²) in [5.41, 5.74) is 4.43. The van der Waals surface area contributed by atoms with Crippen molar-refractivity contribution in [3.63, 3.8) is 0 Å². The molecule has 0 heterocycles. The molecule has 2 saturated carbocycles. The van der Waals surface area contributed by atoms with Gasteiger partial charge < -0.3 is 5.32 Å². The molecule has 2 aliphatic carbocycles. The quantitative estimate of drug-likeness (QED) is 0.385. The number of carbonyl (C=O) groups is 2. The summed E-state index contributed by atoms with van der Waals surface area (Å²) < 4.78 is -0.341. The number of amides is 2. The van der Waals surface area contributed by atoms with E-state index in [0.717, 1.165) is 30.5 Å². The Hall–Kier alpha value is -1.21. The number of anilines is 1. The van der Waals surface area contributed by atoms with E-state index in [0.29, 0.717) is 12.1 Å². The number of benzene rings is 1. The molecule has 0 bridgehead atoms. The third-order valence-corrected chi connectivity index (χ3v) is 7.42. The maximum Gasteiger partial charge on any atom is 0.248 e. The molecular formula is C18H21Br2N3O2. The average Bonchev–Trinajstić information content (AvgIpc) is 3.02. The number of hydrazone groups is 1. The van der Waals surface area contributed by atoms with E-state index in [1.807, 2.05) is 38.1 Å². The van der Waals surface area contributed by atoms with Gasteiger partial charge in [-0.15, -0.1) is 0 Å². The number of halogens is 2. The molecule has 2 N–H and O–H groups in total. The first kappa shape index (κ1) is 18.6. The number of rotatable bonds is 5. The fourth-order valence-corrected chi connectivity index (χ4v) is 4.19. The van der Waals surface area contributed by atoms with Crippen LogP contribution in [-0.2, 0) is 9.59 Å². The predicted molar refractivity (Wildman–Crippen MR) is 106 cm³/mol. The van der Waals surface area contributed by atoms with Crippen molar-refractivity contribution in [1.29, 1.82) is 0 Å². The zero-order chi connectivity index (χ0) is 18.2. The van der Waals surface area contributed by atoms with Gasteiger partial charge in [0.1, 0.15) is 0 Å². The summed E-state index contributed by atoms with van der Waals surface area (Å²) in [6, 6.07) is 7.51. The van der Waals surface area contributed by atoms with Gasteiger partial charge in [-0.3, -0.25) is 9.59 Å². The lowest BCUT2D eigenvalue weighted by atomic mass is 9.85. The third kappa shape index (κ3) is 3.82. The van der Waals surface area contributed by atoms with E-state index in [1.165, 1.54) is 0 Å². The summed E-state index contributed by atoms with van der Waals surface area (Å²) in [6.07, 6.45) is 3.79. The van der Waals surface area contributed by atoms with Crippen LogP contribution in [0.25, 0.3) is 0 Å². The van der Waals surface area contributed by atoms with E-state index in [9.17, 15) is 9.59 Å². The van der Waals surface area contributed by atoms with Crippen molar-refractivity contribution in [2.24, 2.45) is 16.4 Å². The number of carbonyl (C=O) groups excluding carboxylic acids is 2. The fraction of sp³-hybridized carbons (Fsp3) is 0.500. The summed E-state index contributed by atoms with van der Waals surface area (Å²) in [5.74, 6) is 0.0970. The first-order chi connectivity index (χ1) is 11.7. The molecule has 1 aromatic carbocycles. The molecule has 2 fully saturated rings. The fourth-order valence-electron chi connectivity index (χ4n) is 2.71. The van der Waals surface area contributed by atoms with Crippen LogP contribution in [0.3, 0.4) is 0 Å². The summed E-state index contributed by atoms with van der Waals surface area (Å²) in [7, 11) is 0. The van der Waals surface area contributed by atoms with Crippen LogP contribution in [0, 0.1) is 11.3 Å². The zero-order valence-electron chi connectivity index (χ0n) is 14.2. The largest absolute Gasteiger partial charge is 0.326 e. The number of nitrogens with one attached hydrogen (secondary N) is 2. The molecule has 0 radical (unpaired) electrons. The molecule has 1 atom stereocenters. The van der Waals surface area contributed by atoms with E-state index < -0.39 is 5.41 Å². The van der Waals surface area contributed by atoms with Crippen molar-refractivity contribution in [3.05, 3.63) is 29.8 Å². The van der Waals surface area contributed by atoms with Crippen LogP contribution in [0.2, 0.25) is 0 Å². The van der Waals surface area contributed by atoms with Crippen molar-refractivity contribution in [2.75, 3.05) is 5.32 Å². The highest BCUT2D eigenvalue weighted by molar-refractivity contribution is 9.25. The summed E-state index contributed by atoms with van der Waals surface area (Å²) in [4.78, 5) is 24.3. The van der Waals surface area contributed by atoms with E-state index in [2.05, 4.69) is 47.7 Å². The molecule has 2 aliphatic rings. The van der Waals surface area contributed by atoms with E-state index >= 15 is 0 Å². The highest BCUT2D eigenvalue weighted by atomic mass is 79.9. The van der Waals surface area contributed by atoms with Gasteiger partial charge in [0, 0.05) is 11.6 Å². The molecule has 25 heavy (non-hydrogen) atoms. The van der Waals surface area contributed by atoms with Gasteiger partial charge in [-0.2, -0.15) is 5.10 Å². The topological polar surface area (TPSA) is 70.6 Å². The van der Waals surface area contributed by atoms with Crippen LogP contribution in [-0.4, -0.2) is 20.8 Å². The molecule has 0 aromatic heterocycles. The predicted octanol–water partition coefficient (Wildman–Crippen LogP) is 4.16. The highest BCUT2D eigenvalue weighted by Crippen LogP contribution is 2.66.